The van der Waals surface area contributed by atoms with E-state index >= 15 is 0 Å². The first-order valence-electron chi connectivity index (χ1n) is 4.59. The fourth-order valence-electron chi connectivity index (χ4n) is 1.54. The van der Waals surface area contributed by atoms with Gasteiger partial charge in [-0.2, -0.15) is 0 Å². The molecule has 14 heavy (non-hydrogen) atoms. The van der Waals surface area contributed by atoms with Gasteiger partial charge in [0.2, 0.25) is 0 Å². The summed E-state index contributed by atoms with van der Waals surface area (Å²) in [7, 11) is 1.65. The zero-order valence-electron chi connectivity index (χ0n) is 8.10. The quantitative estimate of drug-likeness (QED) is 0.649. The van der Waals surface area contributed by atoms with Crippen LogP contribution in [-0.2, 0) is 4.74 Å². The highest BCUT2D eigenvalue weighted by Gasteiger charge is 1.95. The van der Waals surface area contributed by atoms with Crippen molar-refractivity contribution in [3.8, 4) is 0 Å². The Morgan fingerprint density at radius 1 is 1.00 bits per heavy atom. The first-order valence-corrected chi connectivity index (χ1v) is 4.59. The molecule has 0 aliphatic heterocycles. The van der Waals surface area contributed by atoms with Gasteiger partial charge in [0.1, 0.15) is 0 Å². The van der Waals surface area contributed by atoms with Crippen LogP contribution >= 0.6 is 0 Å². The molecule has 1 nitrogen and oxygen atoms in total. The Hall–Kier alpha value is -1.76. The van der Waals surface area contributed by atoms with Gasteiger partial charge in [-0.15, -0.1) is 0 Å². The van der Waals surface area contributed by atoms with Gasteiger partial charge in [-0.1, -0.05) is 42.5 Å². The largest absolute Gasteiger partial charge is 0.504 e. The summed E-state index contributed by atoms with van der Waals surface area (Å²) in [6.45, 7) is 0. The van der Waals surface area contributed by atoms with E-state index in [1.807, 2.05) is 18.2 Å². The summed E-state index contributed by atoms with van der Waals surface area (Å²) >= 11 is 0. The maximum absolute atomic E-state index is 4.91. The van der Waals surface area contributed by atoms with Crippen molar-refractivity contribution in [2.24, 2.45) is 0 Å². The first-order chi connectivity index (χ1) is 6.92. The van der Waals surface area contributed by atoms with Crippen LogP contribution < -0.4 is 0 Å². The van der Waals surface area contributed by atoms with Gasteiger partial charge in [-0.05, 0) is 22.4 Å². The molecule has 2 rings (SSSR count). The van der Waals surface area contributed by atoms with E-state index < -0.39 is 0 Å². The highest BCUT2D eigenvalue weighted by atomic mass is 16.5. The van der Waals surface area contributed by atoms with Crippen LogP contribution in [0.15, 0.2) is 48.7 Å². The number of ether oxygens (including phenoxy) is 1. The van der Waals surface area contributed by atoms with E-state index in [9.17, 15) is 0 Å². The van der Waals surface area contributed by atoms with E-state index in [-0.39, 0.29) is 0 Å². The van der Waals surface area contributed by atoms with Gasteiger partial charge in [0.15, 0.2) is 0 Å². The Labute approximate surface area is 83.6 Å². The predicted octanol–water partition coefficient (Wildman–Crippen LogP) is 3.46. The molecular formula is C13H12O. The molecule has 0 aliphatic rings. The van der Waals surface area contributed by atoms with Crippen LogP contribution in [0.3, 0.4) is 0 Å². The summed E-state index contributed by atoms with van der Waals surface area (Å²) in [5.41, 5.74) is 1.19. The van der Waals surface area contributed by atoms with E-state index in [1.54, 1.807) is 13.4 Å². The monoisotopic (exact) mass is 184 g/mol. The Morgan fingerprint density at radius 3 is 2.64 bits per heavy atom. The topological polar surface area (TPSA) is 9.23 Å². The molecule has 0 aromatic heterocycles. The van der Waals surface area contributed by atoms with Crippen molar-refractivity contribution in [1.29, 1.82) is 0 Å². The summed E-state index contributed by atoms with van der Waals surface area (Å²) in [6.07, 6.45) is 3.67. The second-order valence-corrected chi connectivity index (χ2v) is 3.11. The molecule has 70 valence electrons. The van der Waals surface area contributed by atoms with Crippen LogP contribution in [0.4, 0.5) is 0 Å². The molecule has 2 aromatic rings. The van der Waals surface area contributed by atoms with Crippen molar-refractivity contribution in [2.45, 2.75) is 0 Å². The molecule has 0 N–H and O–H groups in total. The third-order valence-electron chi connectivity index (χ3n) is 2.21. The van der Waals surface area contributed by atoms with Gasteiger partial charge in [-0.3, -0.25) is 0 Å². The van der Waals surface area contributed by atoms with Gasteiger partial charge >= 0.3 is 0 Å². The smallest absolute Gasteiger partial charge is 0.0830 e. The zero-order valence-corrected chi connectivity index (χ0v) is 8.10. The standard InChI is InChI=1S/C13H12O/c1-14-10-9-12-7-4-6-11-5-2-3-8-13(11)12/h2-10H,1H3. The van der Waals surface area contributed by atoms with E-state index in [4.69, 9.17) is 4.74 Å². The molecule has 0 spiro atoms. The lowest BCUT2D eigenvalue weighted by Crippen LogP contribution is -1.77. The fraction of sp³-hybridized carbons (Fsp3) is 0.0769. The fourth-order valence-corrected chi connectivity index (χ4v) is 1.54. The summed E-state index contributed by atoms with van der Waals surface area (Å²) in [5.74, 6) is 0. The van der Waals surface area contributed by atoms with Crippen molar-refractivity contribution >= 4 is 16.8 Å². The highest BCUT2D eigenvalue weighted by Crippen LogP contribution is 2.19. The normalized spacial score (nSPS) is 10.9. The van der Waals surface area contributed by atoms with Crippen LogP contribution in [0.1, 0.15) is 5.56 Å². The Morgan fingerprint density at radius 2 is 1.79 bits per heavy atom. The minimum atomic E-state index is 1.19. The van der Waals surface area contributed by atoms with E-state index in [2.05, 4.69) is 30.3 Å². The van der Waals surface area contributed by atoms with Gasteiger partial charge in [-0.25, -0.2) is 0 Å². The maximum Gasteiger partial charge on any atom is 0.0830 e. The molecule has 0 aliphatic carbocycles. The Balaban J connectivity index is 2.59. The van der Waals surface area contributed by atoms with Crippen LogP contribution in [-0.4, -0.2) is 7.11 Å². The molecule has 0 saturated carbocycles. The lowest BCUT2D eigenvalue weighted by atomic mass is 10.1. The molecule has 2 aromatic carbocycles. The van der Waals surface area contributed by atoms with Crippen LogP contribution in [0.2, 0.25) is 0 Å². The molecule has 0 amide bonds. The number of fused-ring (bicyclic) bond motifs is 1. The molecule has 0 atom stereocenters. The second kappa shape index (κ2) is 3.97. The predicted molar refractivity (Wildman–Crippen MR) is 60.0 cm³/mol. The SMILES string of the molecule is COC=Cc1cccc2ccccc12. The minimum absolute atomic E-state index is 1.19. The number of rotatable bonds is 2. The summed E-state index contributed by atoms with van der Waals surface area (Å²) in [6, 6.07) is 14.6. The summed E-state index contributed by atoms with van der Waals surface area (Å²) in [5, 5.41) is 2.51. The maximum atomic E-state index is 4.91. The molecular weight excluding hydrogens is 172 g/mol. The van der Waals surface area contributed by atoms with Crippen LogP contribution in [0.5, 0.6) is 0 Å². The third-order valence-corrected chi connectivity index (χ3v) is 2.21. The van der Waals surface area contributed by atoms with Gasteiger partial charge in [0, 0.05) is 0 Å². The van der Waals surface area contributed by atoms with Crippen molar-refractivity contribution in [2.75, 3.05) is 7.11 Å². The van der Waals surface area contributed by atoms with E-state index in [1.165, 1.54) is 16.3 Å². The highest BCUT2D eigenvalue weighted by molar-refractivity contribution is 5.90. The zero-order chi connectivity index (χ0) is 9.80. The van der Waals surface area contributed by atoms with Crippen LogP contribution in [0, 0.1) is 0 Å². The van der Waals surface area contributed by atoms with Gasteiger partial charge in [0.05, 0.1) is 13.4 Å². The molecule has 0 radical (unpaired) electrons. The van der Waals surface area contributed by atoms with E-state index in [0.717, 1.165) is 0 Å². The molecule has 0 fully saturated rings. The number of hydrogen-bond acceptors (Lipinski definition) is 1. The van der Waals surface area contributed by atoms with Crippen molar-refractivity contribution in [3.63, 3.8) is 0 Å². The second-order valence-electron chi connectivity index (χ2n) is 3.11. The van der Waals surface area contributed by atoms with Gasteiger partial charge in [0.25, 0.3) is 0 Å². The summed E-state index contributed by atoms with van der Waals surface area (Å²) in [4.78, 5) is 0. The average Bonchev–Trinajstić information content (AvgIpc) is 2.26. The molecule has 1 heteroatoms. The minimum Gasteiger partial charge on any atom is -0.504 e. The lowest BCUT2D eigenvalue weighted by Gasteiger charge is -2.00. The molecule has 0 heterocycles. The molecule has 0 unspecified atom stereocenters. The Kier molecular flexibility index (Phi) is 2.50. The van der Waals surface area contributed by atoms with Crippen LogP contribution in [0.25, 0.3) is 16.8 Å². The number of methoxy groups -OCH3 is 1. The van der Waals surface area contributed by atoms with Crippen molar-refractivity contribution in [1.82, 2.24) is 0 Å². The molecule has 0 saturated heterocycles. The summed E-state index contributed by atoms with van der Waals surface area (Å²) < 4.78 is 4.91. The molecule has 0 bridgehead atoms. The number of benzene rings is 2. The lowest BCUT2D eigenvalue weighted by molar-refractivity contribution is 0.341. The average molecular weight is 184 g/mol. The Bertz CT molecular complexity index is 452. The third kappa shape index (κ3) is 1.62. The first kappa shape index (κ1) is 8.82. The van der Waals surface area contributed by atoms with Gasteiger partial charge < -0.3 is 4.74 Å². The van der Waals surface area contributed by atoms with Crippen molar-refractivity contribution in [3.05, 3.63) is 54.3 Å². The van der Waals surface area contributed by atoms with Crippen molar-refractivity contribution < 1.29 is 4.74 Å². The van der Waals surface area contributed by atoms with E-state index in [0.29, 0.717) is 0 Å². The number of hydrogen-bond donors (Lipinski definition) is 0.